The number of nitrogens with zero attached hydrogens (tertiary/aromatic N) is 1. The molecule has 3 atom stereocenters. The number of ether oxygens (including phenoxy) is 2. The third-order valence-electron chi connectivity index (χ3n) is 4.50. The predicted molar refractivity (Wildman–Crippen MR) is 88.8 cm³/mol. The van der Waals surface area contributed by atoms with Crippen molar-refractivity contribution in [1.82, 2.24) is 10.2 Å². The Kier molecular flexibility index (Phi) is 4.46. The molecular weight excluding hydrogens is 308 g/mol. The summed E-state index contributed by atoms with van der Waals surface area (Å²) in [4.78, 5) is 26.5. The van der Waals surface area contributed by atoms with E-state index in [0.717, 1.165) is 16.9 Å². The van der Waals surface area contributed by atoms with Gasteiger partial charge >= 0.3 is 12.0 Å². The van der Waals surface area contributed by atoms with Crippen LogP contribution in [0.2, 0.25) is 0 Å². The Labute approximate surface area is 141 Å². The summed E-state index contributed by atoms with van der Waals surface area (Å²) >= 11 is 0. The fraction of sp³-hybridized carbons (Fsp3) is 0.444. The predicted octanol–water partition coefficient (Wildman–Crippen LogP) is 2.19. The van der Waals surface area contributed by atoms with Crippen molar-refractivity contribution in [3.63, 3.8) is 0 Å². The van der Waals surface area contributed by atoms with E-state index in [4.69, 9.17) is 9.47 Å². The van der Waals surface area contributed by atoms with Crippen LogP contribution in [0.25, 0.3) is 0 Å². The number of fused-ring (bicyclic) bond motifs is 3. The number of likely N-dealkylation sites (tertiary alicyclic amines) is 1. The van der Waals surface area contributed by atoms with Crippen molar-refractivity contribution < 1.29 is 19.1 Å². The highest BCUT2D eigenvalue weighted by atomic mass is 16.5. The fourth-order valence-corrected chi connectivity index (χ4v) is 3.45. The summed E-state index contributed by atoms with van der Waals surface area (Å²) in [6.45, 7) is 8.30. The smallest absolute Gasteiger partial charge is 0.318 e. The lowest BCUT2D eigenvalue weighted by molar-refractivity contribution is -0.149. The van der Waals surface area contributed by atoms with E-state index >= 15 is 0 Å². The molecule has 2 aliphatic rings. The zero-order valence-corrected chi connectivity index (χ0v) is 14.0. The number of hydrogen-bond acceptors (Lipinski definition) is 4. The summed E-state index contributed by atoms with van der Waals surface area (Å²) in [6.07, 6.45) is 1.21. The van der Waals surface area contributed by atoms with E-state index in [-0.39, 0.29) is 24.6 Å². The van der Waals surface area contributed by atoms with Crippen LogP contribution in [-0.4, -0.2) is 42.7 Å². The molecule has 0 bridgehead atoms. The van der Waals surface area contributed by atoms with Crippen molar-refractivity contribution in [2.45, 2.75) is 26.0 Å². The molecule has 6 heteroatoms. The number of rotatable bonds is 4. The van der Waals surface area contributed by atoms with Gasteiger partial charge in [0.1, 0.15) is 23.8 Å². The lowest BCUT2D eigenvalue weighted by Gasteiger charge is -2.23. The molecule has 0 saturated carbocycles. The highest BCUT2D eigenvalue weighted by Gasteiger charge is 2.54. The summed E-state index contributed by atoms with van der Waals surface area (Å²) in [7, 11) is 0. The molecule has 2 aliphatic heterocycles. The Morgan fingerprint density at radius 1 is 1.50 bits per heavy atom. The summed E-state index contributed by atoms with van der Waals surface area (Å²) in [6, 6.07) is 5.35. The van der Waals surface area contributed by atoms with Crippen molar-refractivity contribution in [3.05, 3.63) is 42.0 Å². The van der Waals surface area contributed by atoms with Gasteiger partial charge in [-0.2, -0.15) is 0 Å². The molecule has 24 heavy (non-hydrogen) atoms. The van der Waals surface area contributed by atoms with Gasteiger partial charge in [-0.15, -0.1) is 6.58 Å². The first kappa shape index (κ1) is 16.4. The van der Waals surface area contributed by atoms with Crippen LogP contribution in [0.15, 0.2) is 30.9 Å². The maximum atomic E-state index is 12.5. The van der Waals surface area contributed by atoms with Gasteiger partial charge < -0.3 is 19.7 Å². The number of carbonyl (C=O) groups is 2. The van der Waals surface area contributed by atoms with Gasteiger partial charge in [0.05, 0.1) is 6.61 Å². The molecule has 2 heterocycles. The van der Waals surface area contributed by atoms with E-state index in [2.05, 4.69) is 11.9 Å². The average Bonchev–Trinajstić information content (AvgIpc) is 3.11. The molecule has 0 spiro atoms. The number of benzene rings is 1. The maximum Gasteiger partial charge on any atom is 0.318 e. The molecule has 0 unspecified atom stereocenters. The first-order valence-electron chi connectivity index (χ1n) is 8.16. The van der Waals surface area contributed by atoms with E-state index in [1.54, 1.807) is 17.9 Å². The molecule has 0 aromatic heterocycles. The first-order valence-corrected chi connectivity index (χ1v) is 8.16. The van der Waals surface area contributed by atoms with Crippen LogP contribution < -0.4 is 10.1 Å². The molecule has 1 aromatic rings. The topological polar surface area (TPSA) is 67.9 Å². The largest absolute Gasteiger partial charge is 0.486 e. The number of amides is 2. The van der Waals surface area contributed by atoms with Crippen LogP contribution in [-0.2, 0) is 9.53 Å². The van der Waals surface area contributed by atoms with Gasteiger partial charge in [0.25, 0.3) is 0 Å². The summed E-state index contributed by atoms with van der Waals surface area (Å²) in [5.74, 6) is -0.0452. The van der Waals surface area contributed by atoms with Crippen molar-refractivity contribution in [2.75, 3.05) is 19.7 Å². The van der Waals surface area contributed by atoms with Crippen LogP contribution >= 0.6 is 0 Å². The summed E-state index contributed by atoms with van der Waals surface area (Å²) < 4.78 is 11.3. The third kappa shape index (κ3) is 2.62. The Balaban J connectivity index is 1.94. The lowest BCUT2D eigenvalue weighted by atomic mass is 9.98. The maximum absolute atomic E-state index is 12.5. The molecule has 1 aromatic carbocycles. The van der Waals surface area contributed by atoms with Crippen molar-refractivity contribution in [2.24, 2.45) is 5.92 Å². The molecule has 128 valence electrons. The van der Waals surface area contributed by atoms with Gasteiger partial charge in [0, 0.05) is 18.7 Å². The monoisotopic (exact) mass is 330 g/mol. The van der Waals surface area contributed by atoms with Gasteiger partial charge in [-0.25, -0.2) is 4.79 Å². The van der Waals surface area contributed by atoms with Crippen molar-refractivity contribution >= 4 is 12.0 Å². The number of nitrogens with one attached hydrogen (secondary N) is 1. The van der Waals surface area contributed by atoms with Gasteiger partial charge in [0.2, 0.25) is 0 Å². The second kappa shape index (κ2) is 6.55. The molecule has 0 aliphatic carbocycles. The first-order chi connectivity index (χ1) is 11.6. The van der Waals surface area contributed by atoms with E-state index in [0.29, 0.717) is 13.2 Å². The minimum atomic E-state index is -0.490. The number of hydrogen-bond donors (Lipinski definition) is 1. The molecule has 1 saturated heterocycles. The normalized spacial score (nSPS) is 23.9. The minimum Gasteiger partial charge on any atom is -0.486 e. The van der Waals surface area contributed by atoms with Crippen LogP contribution in [0.1, 0.15) is 24.1 Å². The highest BCUT2D eigenvalue weighted by Crippen LogP contribution is 2.48. The quantitative estimate of drug-likeness (QED) is 0.679. The molecular formula is C18H22N2O4. The fourth-order valence-electron chi connectivity index (χ4n) is 3.45. The average molecular weight is 330 g/mol. The molecule has 1 N–H and O–H groups in total. The molecule has 6 nitrogen and oxygen atoms in total. The second-order valence-corrected chi connectivity index (χ2v) is 6.01. The van der Waals surface area contributed by atoms with Gasteiger partial charge in [-0.1, -0.05) is 24.3 Å². The van der Waals surface area contributed by atoms with Crippen molar-refractivity contribution in [1.29, 1.82) is 0 Å². The summed E-state index contributed by atoms with van der Waals surface area (Å²) in [5.41, 5.74) is 1.94. The van der Waals surface area contributed by atoms with Gasteiger partial charge in [-0.05, 0) is 19.4 Å². The Morgan fingerprint density at radius 2 is 2.29 bits per heavy atom. The lowest BCUT2D eigenvalue weighted by Crippen LogP contribution is -2.40. The van der Waals surface area contributed by atoms with E-state index in [1.807, 2.05) is 25.1 Å². The Bertz CT molecular complexity index is 673. The second-order valence-electron chi connectivity index (χ2n) is 6.01. The van der Waals surface area contributed by atoms with Crippen LogP contribution in [0.3, 0.4) is 0 Å². The van der Waals surface area contributed by atoms with E-state index in [1.165, 1.54) is 0 Å². The standard InChI is InChI=1S/C18H22N2O4/c1-4-9-19-18(22)20-10-13(17(21)23-5-2)16-14(20)12-8-6-7-11(3)15(12)24-16/h4,6-8,13-14,16H,1,5,9-10H2,2-3H3,(H,19,22)/t13-,14+,16+/m1/s1. The van der Waals surface area contributed by atoms with Crippen LogP contribution in [0, 0.1) is 12.8 Å². The number of para-hydroxylation sites is 1. The van der Waals surface area contributed by atoms with E-state index < -0.39 is 12.0 Å². The van der Waals surface area contributed by atoms with Crippen molar-refractivity contribution in [3.8, 4) is 5.75 Å². The Hall–Kier alpha value is -2.50. The van der Waals surface area contributed by atoms with Gasteiger partial charge in [0.15, 0.2) is 0 Å². The number of aryl methyl sites for hydroxylation is 1. The molecule has 3 rings (SSSR count). The zero-order chi connectivity index (χ0) is 17.3. The van der Waals surface area contributed by atoms with Crippen LogP contribution in [0.5, 0.6) is 5.75 Å². The number of esters is 1. The minimum absolute atomic E-state index is 0.227. The Morgan fingerprint density at radius 3 is 3.00 bits per heavy atom. The SMILES string of the molecule is C=CCNC(=O)N1C[C@@H](C(=O)OCC)[C@@H]2Oc3c(C)cccc3[C@@H]21. The number of carbonyl (C=O) groups excluding carboxylic acids is 2. The van der Waals surface area contributed by atoms with Gasteiger partial charge in [-0.3, -0.25) is 4.79 Å². The highest BCUT2D eigenvalue weighted by molar-refractivity contribution is 5.80. The molecule has 2 amide bonds. The molecule has 1 fully saturated rings. The molecule has 0 radical (unpaired) electrons. The van der Waals surface area contributed by atoms with Crippen LogP contribution in [0.4, 0.5) is 4.79 Å². The third-order valence-corrected chi connectivity index (χ3v) is 4.50. The zero-order valence-electron chi connectivity index (χ0n) is 14.0. The van der Waals surface area contributed by atoms with E-state index in [9.17, 15) is 9.59 Å². The number of urea groups is 1. The summed E-state index contributed by atoms with van der Waals surface area (Å²) in [5, 5.41) is 2.79.